The third-order valence-corrected chi connectivity index (χ3v) is 4.26. The summed E-state index contributed by atoms with van der Waals surface area (Å²) in [5.41, 5.74) is 0.999. The molecule has 2 aromatic rings. The van der Waals surface area contributed by atoms with E-state index in [2.05, 4.69) is 15.6 Å². The van der Waals surface area contributed by atoms with Gasteiger partial charge < -0.3 is 10.6 Å². The zero-order valence-corrected chi connectivity index (χ0v) is 14.3. The van der Waals surface area contributed by atoms with Gasteiger partial charge in [0, 0.05) is 18.4 Å². The number of anilines is 2. The summed E-state index contributed by atoms with van der Waals surface area (Å²) in [6.07, 6.45) is 1.36. The average Bonchev–Trinajstić information content (AvgIpc) is 2.54. The van der Waals surface area contributed by atoms with Crippen molar-refractivity contribution in [2.75, 3.05) is 11.9 Å². The predicted octanol–water partition coefficient (Wildman–Crippen LogP) is 2.47. The van der Waals surface area contributed by atoms with E-state index in [4.69, 9.17) is 0 Å². The lowest BCUT2D eigenvalue weighted by atomic mass is 10.2. The molecule has 128 valence electrons. The van der Waals surface area contributed by atoms with Gasteiger partial charge in [0.2, 0.25) is 0 Å². The molecule has 0 aliphatic rings. The first-order valence-electron chi connectivity index (χ1n) is 7.46. The summed E-state index contributed by atoms with van der Waals surface area (Å²) in [6, 6.07) is 11.5. The average molecular weight is 348 g/mol. The van der Waals surface area contributed by atoms with Crippen molar-refractivity contribution in [1.82, 2.24) is 15.0 Å². The maximum Gasteiger partial charge on any atom is 0.328 e. The summed E-state index contributed by atoms with van der Waals surface area (Å²) in [7, 11) is -4.09. The van der Waals surface area contributed by atoms with Gasteiger partial charge in [0.1, 0.15) is 0 Å². The summed E-state index contributed by atoms with van der Waals surface area (Å²) in [6.45, 7) is 4.20. The second-order valence-electron chi connectivity index (χ2n) is 5.56. The van der Waals surface area contributed by atoms with E-state index < -0.39 is 16.1 Å². The lowest BCUT2D eigenvalue weighted by Crippen LogP contribution is -2.41. The molecule has 0 saturated heterocycles. The minimum atomic E-state index is -4.09. The van der Waals surface area contributed by atoms with Crippen LogP contribution in [0.15, 0.2) is 53.7 Å². The van der Waals surface area contributed by atoms with Gasteiger partial charge >= 0.3 is 6.03 Å². The van der Waals surface area contributed by atoms with Crippen molar-refractivity contribution in [1.29, 1.82) is 0 Å². The summed E-state index contributed by atoms with van der Waals surface area (Å²) in [5.74, 6) is 0.212. The molecule has 0 aliphatic carbocycles. The van der Waals surface area contributed by atoms with Crippen LogP contribution in [-0.2, 0) is 10.0 Å². The smallest absolute Gasteiger partial charge is 0.328 e. The number of hydrogen-bond acceptors (Lipinski definition) is 5. The lowest BCUT2D eigenvalue weighted by Gasteiger charge is -2.13. The summed E-state index contributed by atoms with van der Waals surface area (Å²) >= 11 is 0. The molecule has 0 atom stereocenters. The largest absolute Gasteiger partial charge is 0.353 e. The molecule has 1 heterocycles. The highest BCUT2D eigenvalue weighted by atomic mass is 32.2. The fraction of sp³-hybridized carbons (Fsp3) is 0.250. The van der Waals surface area contributed by atoms with Crippen LogP contribution in [0.3, 0.4) is 0 Å². The van der Waals surface area contributed by atoms with Crippen molar-refractivity contribution < 1.29 is 13.2 Å². The number of benzene rings is 1. The van der Waals surface area contributed by atoms with Crippen LogP contribution in [0.25, 0.3) is 0 Å². The number of aromatic nitrogens is 1. The lowest BCUT2D eigenvalue weighted by molar-refractivity contribution is 0.244. The Balaban J connectivity index is 2.19. The van der Waals surface area contributed by atoms with E-state index >= 15 is 0 Å². The number of pyridine rings is 1. The van der Waals surface area contributed by atoms with E-state index in [1.54, 1.807) is 24.3 Å². The van der Waals surface area contributed by atoms with Gasteiger partial charge in [-0.1, -0.05) is 32.0 Å². The number of nitrogens with one attached hydrogen (secondary N) is 3. The molecule has 0 unspecified atom stereocenters. The fourth-order valence-corrected chi connectivity index (χ4v) is 2.90. The van der Waals surface area contributed by atoms with Crippen molar-refractivity contribution in [3.63, 3.8) is 0 Å². The Bertz CT molecular complexity index is 792. The zero-order chi connectivity index (χ0) is 17.6. The SMILES string of the molecule is CC(C)CNC(=O)NS(=O)(=O)c1ncccc1Nc1ccccc1. The second-order valence-corrected chi connectivity index (χ2v) is 7.15. The number of hydrogen-bond donors (Lipinski definition) is 3. The maximum atomic E-state index is 12.4. The Morgan fingerprint density at radius 3 is 2.50 bits per heavy atom. The van der Waals surface area contributed by atoms with Gasteiger partial charge in [0.25, 0.3) is 10.0 Å². The Morgan fingerprint density at radius 1 is 1.12 bits per heavy atom. The number of amides is 2. The molecule has 7 nitrogen and oxygen atoms in total. The fourth-order valence-electron chi connectivity index (χ4n) is 1.88. The van der Waals surface area contributed by atoms with E-state index in [9.17, 15) is 13.2 Å². The van der Waals surface area contributed by atoms with Crippen molar-refractivity contribution >= 4 is 27.4 Å². The monoisotopic (exact) mass is 348 g/mol. The Labute approximate surface area is 141 Å². The Morgan fingerprint density at radius 2 is 1.83 bits per heavy atom. The van der Waals surface area contributed by atoms with Gasteiger partial charge in [0.05, 0.1) is 5.69 Å². The van der Waals surface area contributed by atoms with Crippen LogP contribution in [-0.4, -0.2) is 26.0 Å². The topological polar surface area (TPSA) is 100 Å². The van der Waals surface area contributed by atoms with Crippen LogP contribution in [0.2, 0.25) is 0 Å². The quantitative estimate of drug-likeness (QED) is 0.744. The highest BCUT2D eigenvalue weighted by Gasteiger charge is 2.22. The van der Waals surface area contributed by atoms with E-state index in [0.29, 0.717) is 12.2 Å². The third kappa shape index (κ3) is 4.95. The first-order valence-corrected chi connectivity index (χ1v) is 8.94. The van der Waals surface area contributed by atoms with Gasteiger partial charge in [-0.3, -0.25) is 0 Å². The second kappa shape index (κ2) is 7.78. The van der Waals surface area contributed by atoms with Crippen LogP contribution in [0.1, 0.15) is 13.8 Å². The number of para-hydroxylation sites is 1. The molecule has 8 heteroatoms. The van der Waals surface area contributed by atoms with Crippen molar-refractivity contribution in [3.8, 4) is 0 Å². The van der Waals surface area contributed by atoms with Gasteiger partial charge in [-0.15, -0.1) is 0 Å². The Hall–Kier alpha value is -2.61. The van der Waals surface area contributed by atoms with E-state index in [1.165, 1.54) is 6.20 Å². The van der Waals surface area contributed by atoms with Gasteiger partial charge in [-0.05, 0) is 30.2 Å². The molecule has 0 aliphatic heterocycles. The minimum absolute atomic E-state index is 0.212. The molecule has 3 N–H and O–H groups in total. The maximum absolute atomic E-state index is 12.4. The number of nitrogens with zero attached hydrogens (tertiary/aromatic N) is 1. The first kappa shape index (κ1) is 17.7. The molecule has 2 amide bonds. The predicted molar refractivity (Wildman–Crippen MR) is 92.5 cm³/mol. The molecule has 1 aromatic carbocycles. The van der Waals surface area contributed by atoms with Crippen LogP contribution in [0, 0.1) is 5.92 Å². The summed E-state index contributed by atoms with van der Waals surface area (Å²) in [4.78, 5) is 15.7. The normalized spacial score (nSPS) is 11.1. The standard InChI is InChI=1S/C16H20N4O3S/c1-12(2)11-18-16(21)20-24(22,23)15-14(9-6-10-17-15)19-13-7-4-3-5-8-13/h3-10,12,19H,11H2,1-2H3,(H2,18,20,21). The summed E-state index contributed by atoms with van der Waals surface area (Å²) < 4.78 is 26.8. The molecule has 0 fully saturated rings. The molecule has 24 heavy (non-hydrogen) atoms. The molecule has 0 saturated carbocycles. The van der Waals surface area contributed by atoms with Crippen molar-refractivity contribution in [2.45, 2.75) is 18.9 Å². The molecule has 0 spiro atoms. The van der Waals surface area contributed by atoms with Crippen molar-refractivity contribution in [3.05, 3.63) is 48.7 Å². The van der Waals surface area contributed by atoms with Crippen LogP contribution in [0.4, 0.5) is 16.2 Å². The van der Waals surface area contributed by atoms with Crippen LogP contribution in [0.5, 0.6) is 0 Å². The third-order valence-electron chi connectivity index (χ3n) is 2.98. The first-order chi connectivity index (χ1) is 11.4. The molecular formula is C16H20N4O3S. The van der Waals surface area contributed by atoms with Crippen LogP contribution >= 0.6 is 0 Å². The van der Waals surface area contributed by atoms with Gasteiger partial charge in [0.15, 0.2) is 5.03 Å². The molecular weight excluding hydrogens is 328 g/mol. The van der Waals surface area contributed by atoms with E-state index in [0.717, 1.165) is 0 Å². The number of rotatable bonds is 6. The summed E-state index contributed by atoms with van der Waals surface area (Å²) in [5, 5.41) is 5.25. The molecule has 2 rings (SSSR count). The van der Waals surface area contributed by atoms with Crippen molar-refractivity contribution in [2.24, 2.45) is 5.92 Å². The van der Waals surface area contributed by atoms with E-state index in [-0.39, 0.29) is 16.6 Å². The van der Waals surface area contributed by atoms with Crippen LogP contribution < -0.4 is 15.4 Å². The number of carbonyl (C=O) groups is 1. The number of urea groups is 1. The molecule has 0 bridgehead atoms. The van der Waals surface area contributed by atoms with Gasteiger partial charge in [-0.25, -0.2) is 14.5 Å². The molecule has 0 radical (unpaired) electrons. The highest BCUT2D eigenvalue weighted by Crippen LogP contribution is 2.22. The Kier molecular flexibility index (Phi) is 5.75. The number of sulfonamides is 1. The van der Waals surface area contributed by atoms with Gasteiger partial charge in [-0.2, -0.15) is 8.42 Å². The minimum Gasteiger partial charge on any atom is -0.353 e. The van der Waals surface area contributed by atoms with E-state index in [1.807, 2.05) is 36.8 Å². The highest BCUT2D eigenvalue weighted by molar-refractivity contribution is 7.90. The molecule has 1 aromatic heterocycles. The zero-order valence-electron chi connectivity index (χ0n) is 13.5. The number of carbonyl (C=O) groups excluding carboxylic acids is 1.